The van der Waals surface area contributed by atoms with Gasteiger partial charge in [0.1, 0.15) is 0 Å². The van der Waals surface area contributed by atoms with E-state index >= 15 is 0 Å². The van der Waals surface area contributed by atoms with E-state index in [1.807, 2.05) is 0 Å². The summed E-state index contributed by atoms with van der Waals surface area (Å²) in [5, 5.41) is 21.8. The molecule has 1 aromatic heterocycles. The molecule has 0 radical (unpaired) electrons. The highest BCUT2D eigenvalue weighted by atomic mass is 35.5. The average molecular weight is 442 g/mol. The van der Waals surface area contributed by atoms with Gasteiger partial charge in [0.05, 0.1) is 36.3 Å². The quantitative estimate of drug-likeness (QED) is 0.482. The van der Waals surface area contributed by atoms with Crippen molar-refractivity contribution in [2.24, 2.45) is 0 Å². The molecule has 2 N–H and O–H groups in total. The van der Waals surface area contributed by atoms with Gasteiger partial charge in [-0.05, 0) is 29.1 Å². The average Bonchev–Trinajstić information content (AvgIpc) is 3.28. The van der Waals surface area contributed by atoms with Gasteiger partial charge in [-0.3, -0.25) is 9.59 Å². The van der Waals surface area contributed by atoms with E-state index in [1.165, 1.54) is 22.3 Å². The number of thiophene rings is 1. The lowest BCUT2D eigenvalue weighted by molar-refractivity contribution is -0.130. The number of benzene rings is 1. The van der Waals surface area contributed by atoms with Crippen LogP contribution in [0.5, 0.6) is 0 Å². The molecule has 1 aliphatic heterocycles. The second-order valence-electron chi connectivity index (χ2n) is 5.97. The first-order valence-corrected chi connectivity index (χ1v) is 10.0. The highest BCUT2D eigenvalue weighted by molar-refractivity contribution is 7.12. The summed E-state index contributed by atoms with van der Waals surface area (Å²) in [5.74, 6) is -1.71. The van der Waals surface area contributed by atoms with Gasteiger partial charge in [0.15, 0.2) is 5.76 Å². The summed E-state index contributed by atoms with van der Waals surface area (Å²) in [4.78, 5) is 27.5. The lowest BCUT2D eigenvalue weighted by Gasteiger charge is -2.27. The van der Waals surface area contributed by atoms with E-state index < -0.39 is 23.5 Å². The molecule has 0 saturated heterocycles. The summed E-state index contributed by atoms with van der Waals surface area (Å²) >= 11 is 13.5. The summed E-state index contributed by atoms with van der Waals surface area (Å²) < 4.78 is 5.25. The zero-order chi connectivity index (χ0) is 20.3. The molecular formula is C19H17Cl2NO5S. The van der Waals surface area contributed by atoms with Gasteiger partial charge in [-0.1, -0.05) is 35.3 Å². The second-order valence-corrected chi connectivity index (χ2v) is 7.76. The number of carbonyl (C=O) groups excluding carboxylic acids is 2. The first kappa shape index (κ1) is 20.8. The SMILES string of the molecule is O=C(C1=C(O)C(=O)N(CCOCCO)[C@@H]1c1ccc(Cl)cc1Cl)c1cccs1. The Morgan fingerprint density at radius 3 is 2.68 bits per heavy atom. The van der Waals surface area contributed by atoms with Crippen LogP contribution in [0.1, 0.15) is 21.3 Å². The normalized spacial score (nSPS) is 16.9. The number of rotatable bonds is 8. The summed E-state index contributed by atoms with van der Waals surface area (Å²) in [6, 6.07) is 7.24. The van der Waals surface area contributed by atoms with Crippen LogP contribution in [0.4, 0.5) is 0 Å². The maximum atomic E-state index is 13.0. The molecule has 148 valence electrons. The molecular weight excluding hydrogens is 425 g/mol. The van der Waals surface area contributed by atoms with E-state index in [0.29, 0.717) is 15.5 Å². The van der Waals surface area contributed by atoms with Gasteiger partial charge in [0, 0.05) is 16.6 Å². The molecule has 0 aliphatic carbocycles. The van der Waals surface area contributed by atoms with Crippen molar-refractivity contribution in [3.05, 3.63) is 67.5 Å². The van der Waals surface area contributed by atoms with Crippen molar-refractivity contribution in [1.82, 2.24) is 4.90 Å². The predicted molar refractivity (Wildman–Crippen MR) is 107 cm³/mol. The van der Waals surface area contributed by atoms with Crippen LogP contribution in [0.2, 0.25) is 10.0 Å². The number of Topliss-reactive ketones (excluding diaryl/α,β-unsaturated/α-hetero) is 1. The van der Waals surface area contributed by atoms with Crippen LogP contribution in [0.25, 0.3) is 0 Å². The molecule has 9 heteroatoms. The first-order valence-electron chi connectivity index (χ1n) is 8.41. The van der Waals surface area contributed by atoms with E-state index in [2.05, 4.69) is 0 Å². The lowest BCUT2D eigenvalue weighted by Crippen LogP contribution is -2.34. The number of carbonyl (C=O) groups is 2. The number of hydrogen-bond donors (Lipinski definition) is 2. The van der Waals surface area contributed by atoms with Gasteiger partial charge < -0.3 is 19.8 Å². The first-order chi connectivity index (χ1) is 13.5. The highest BCUT2D eigenvalue weighted by Crippen LogP contribution is 2.42. The number of halogens is 2. The van der Waals surface area contributed by atoms with Crippen molar-refractivity contribution in [1.29, 1.82) is 0 Å². The van der Waals surface area contributed by atoms with E-state index in [9.17, 15) is 14.7 Å². The fraction of sp³-hybridized carbons (Fsp3) is 0.263. The highest BCUT2D eigenvalue weighted by Gasteiger charge is 2.44. The van der Waals surface area contributed by atoms with Gasteiger partial charge in [0.2, 0.25) is 5.78 Å². The van der Waals surface area contributed by atoms with Crippen LogP contribution < -0.4 is 0 Å². The Morgan fingerprint density at radius 2 is 2.04 bits per heavy atom. The monoisotopic (exact) mass is 441 g/mol. The van der Waals surface area contributed by atoms with Crippen LogP contribution in [-0.2, 0) is 9.53 Å². The number of nitrogens with zero attached hydrogens (tertiary/aromatic N) is 1. The Labute approximate surface area is 175 Å². The molecule has 6 nitrogen and oxygen atoms in total. The van der Waals surface area contributed by atoms with Crippen LogP contribution >= 0.6 is 34.5 Å². The summed E-state index contributed by atoms with van der Waals surface area (Å²) in [5.41, 5.74) is 0.448. The number of aliphatic hydroxyl groups excluding tert-OH is 2. The maximum Gasteiger partial charge on any atom is 0.290 e. The Bertz CT molecular complexity index is 913. The summed E-state index contributed by atoms with van der Waals surface area (Å²) in [7, 11) is 0. The topological polar surface area (TPSA) is 87.1 Å². The Balaban J connectivity index is 2.02. The van der Waals surface area contributed by atoms with Crippen molar-refractivity contribution in [2.75, 3.05) is 26.4 Å². The molecule has 28 heavy (non-hydrogen) atoms. The van der Waals surface area contributed by atoms with E-state index in [1.54, 1.807) is 29.6 Å². The van der Waals surface area contributed by atoms with Crippen LogP contribution in [0.15, 0.2) is 47.0 Å². The Hall–Kier alpha value is -1.90. The molecule has 3 rings (SSSR count). The molecule has 2 aromatic rings. The number of amides is 1. The zero-order valence-electron chi connectivity index (χ0n) is 14.6. The minimum Gasteiger partial charge on any atom is -0.503 e. The molecule has 1 aromatic carbocycles. The van der Waals surface area contributed by atoms with Gasteiger partial charge in [-0.25, -0.2) is 0 Å². The van der Waals surface area contributed by atoms with Crippen LogP contribution in [-0.4, -0.2) is 53.2 Å². The number of ether oxygens (including phenoxy) is 1. The van der Waals surface area contributed by atoms with Crippen molar-refractivity contribution in [3.8, 4) is 0 Å². The minimum absolute atomic E-state index is 0.0289. The molecule has 0 fully saturated rings. The van der Waals surface area contributed by atoms with E-state index in [4.69, 9.17) is 33.0 Å². The summed E-state index contributed by atoms with van der Waals surface area (Å²) in [6.45, 7) is 0.205. The fourth-order valence-electron chi connectivity index (χ4n) is 3.03. The summed E-state index contributed by atoms with van der Waals surface area (Å²) in [6.07, 6.45) is 0. The Morgan fingerprint density at radius 1 is 1.25 bits per heavy atom. The van der Waals surface area contributed by atoms with E-state index in [0.717, 1.165) is 0 Å². The van der Waals surface area contributed by atoms with Gasteiger partial charge >= 0.3 is 0 Å². The molecule has 2 heterocycles. The van der Waals surface area contributed by atoms with Gasteiger partial charge in [-0.15, -0.1) is 11.3 Å². The van der Waals surface area contributed by atoms with Gasteiger partial charge in [0.25, 0.3) is 5.91 Å². The molecule has 0 spiro atoms. The van der Waals surface area contributed by atoms with Crippen molar-refractivity contribution in [3.63, 3.8) is 0 Å². The van der Waals surface area contributed by atoms with Gasteiger partial charge in [-0.2, -0.15) is 0 Å². The molecule has 1 amide bonds. The van der Waals surface area contributed by atoms with Crippen LogP contribution in [0, 0.1) is 0 Å². The van der Waals surface area contributed by atoms with Crippen molar-refractivity contribution < 1.29 is 24.5 Å². The Kier molecular flexibility index (Phi) is 6.74. The molecule has 1 aliphatic rings. The van der Waals surface area contributed by atoms with Crippen molar-refractivity contribution in [2.45, 2.75) is 6.04 Å². The molecule has 1 atom stereocenters. The number of aliphatic hydroxyl groups is 2. The molecule has 0 saturated carbocycles. The standard InChI is InChI=1S/C19H17Cl2NO5S/c20-11-3-4-12(13(21)10-11)16-15(17(24)14-2-1-9-28-14)18(25)19(26)22(16)5-7-27-8-6-23/h1-4,9-10,16,23,25H,5-8H2/t16-/m1/s1. The third-order valence-corrected chi connectivity index (χ3v) is 5.69. The zero-order valence-corrected chi connectivity index (χ0v) is 16.9. The molecule has 0 unspecified atom stereocenters. The lowest BCUT2D eigenvalue weighted by atomic mass is 9.95. The third kappa shape index (κ3) is 4.09. The largest absolute Gasteiger partial charge is 0.503 e. The minimum atomic E-state index is -0.871. The third-order valence-electron chi connectivity index (χ3n) is 4.26. The van der Waals surface area contributed by atoms with Crippen LogP contribution in [0.3, 0.4) is 0 Å². The van der Waals surface area contributed by atoms with E-state index in [-0.39, 0.29) is 37.0 Å². The number of hydrogen-bond acceptors (Lipinski definition) is 6. The predicted octanol–water partition coefficient (Wildman–Crippen LogP) is 3.64. The van der Waals surface area contributed by atoms with Crippen molar-refractivity contribution >= 4 is 46.2 Å². The molecule has 0 bridgehead atoms. The number of ketones is 1. The maximum absolute atomic E-state index is 13.0. The fourth-order valence-corrected chi connectivity index (χ4v) is 4.22. The smallest absolute Gasteiger partial charge is 0.290 e. The second kappa shape index (κ2) is 9.07.